The van der Waals surface area contributed by atoms with Crippen molar-refractivity contribution >= 4 is 53.7 Å². The van der Waals surface area contributed by atoms with E-state index in [9.17, 15) is 48.3 Å². The lowest BCUT2D eigenvalue weighted by atomic mass is 10.1. The molecule has 6 N–H and O–H groups in total. The normalized spacial score (nSPS) is 12.4. The van der Waals surface area contributed by atoms with E-state index in [0.717, 1.165) is 16.7 Å². The van der Waals surface area contributed by atoms with E-state index in [2.05, 4.69) is 15.4 Å². The number of benzene rings is 6. The molecule has 6 atom stereocenters. The number of nitrogens with two attached hydrogens (primary N) is 1. The van der Waals surface area contributed by atoms with Crippen molar-refractivity contribution in [2.45, 2.75) is 97.8 Å². The number of hydrogen-bond acceptors (Lipinski definition) is 21. The van der Waals surface area contributed by atoms with Gasteiger partial charge in [-0.3, -0.25) is 28.8 Å². The number of esters is 8. The fraction of sp³-hybridized carbons (Fsp3) is 0.274. The van der Waals surface area contributed by atoms with E-state index in [1.165, 1.54) is 64.1 Å². The fourth-order valence-corrected chi connectivity index (χ4v) is 7.01. The van der Waals surface area contributed by atoms with Crippen LogP contribution in [0, 0.1) is 0 Å². The predicted molar refractivity (Wildman–Crippen MR) is 304 cm³/mol. The van der Waals surface area contributed by atoms with Gasteiger partial charge in [0, 0.05) is 20.8 Å². The van der Waals surface area contributed by atoms with Crippen LogP contribution in [-0.4, -0.2) is 114 Å². The van der Waals surface area contributed by atoms with Crippen LogP contribution in [0.5, 0.6) is 17.2 Å². The van der Waals surface area contributed by atoms with Gasteiger partial charge in [-0.15, -0.1) is 0 Å². The second kappa shape index (κ2) is 36.7. The number of para-hydroxylation sites is 3. The monoisotopic (exact) mass is 1160 g/mol. The molecule has 0 fully saturated rings. The lowest BCUT2D eigenvalue weighted by molar-refractivity contribution is -0.151. The maximum absolute atomic E-state index is 12.5. The molecular formula is C62H69N3O19. The van der Waals surface area contributed by atoms with Crippen LogP contribution in [0.15, 0.2) is 164 Å². The summed E-state index contributed by atoms with van der Waals surface area (Å²) >= 11 is 0. The predicted octanol–water partition coefficient (Wildman–Crippen LogP) is 6.73. The smallest absolute Gasteiger partial charge is 0.342 e. The first-order chi connectivity index (χ1) is 40.1. The van der Waals surface area contributed by atoms with Gasteiger partial charge < -0.3 is 64.5 Å². The van der Waals surface area contributed by atoms with Crippen LogP contribution in [0.3, 0.4) is 0 Å². The van der Waals surface area contributed by atoms with Crippen molar-refractivity contribution in [3.63, 3.8) is 0 Å². The zero-order valence-electron chi connectivity index (χ0n) is 47.6. The minimum Gasteiger partial charge on any atom is -0.478 e. The Morgan fingerprint density at radius 2 is 0.726 bits per heavy atom. The van der Waals surface area contributed by atoms with E-state index in [1.54, 1.807) is 64.3 Å². The summed E-state index contributed by atoms with van der Waals surface area (Å²) in [5, 5.41) is 23.5. The Labute approximate surface area is 486 Å². The molecule has 0 saturated carbocycles. The maximum atomic E-state index is 12.5. The highest BCUT2D eigenvalue weighted by Gasteiger charge is 2.30. The molecule has 22 heteroatoms. The molecule has 6 aromatic rings. The molecule has 0 bridgehead atoms. The van der Waals surface area contributed by atoms with Gasteiger partial charge in [0.15, 0.2) is 0 Å². The molecule has 0 spiro atoms. The molecule has 0 aliphatic heterocycles. The number of carboxylic acids is 1. The number of likely N-dealkylation sites (N-methyl/N-ethyl adjacent to an activating group) is 2. The van der Waals surface area contributed by atoms with Gasteiger partial charge in [-0.25, -0.2) is 14.4 Å². The van der Waals surface area contributed by atoms with E-state index in [4.69, 9.17) is 44.0 Å². The Bertz CT molecular complexity index is 3090. The number of carbonyl (C=O) groups is 9. The van der Waals surface area contributed by atoms with Crippen molar-refractivity contribution in [1.29, 1.82) is 0 Å². The lowest BCUT2D eigenvalue weighted by Gasteiger charge is -2.22. The van der Waals surface area contributed by atoms with Crippen LogP contribution in [0.4, 0.5) is 0 Å². The third kappa shape index (κ3) is 24.6. The molecule has 446 valence electrons. The largest absolute Gasteiger partial charge is 0.478 e. The molecule has 84 heavy (non-hydrogen) atoms. The number of rotatable bonds is 22. The van der Waals surface area contributed by atoms with Crippen molar-refractivity contribution in [2.75, 3.05) is 14.1 Å². The molecule has 0 aliphatic rings. The highest BCUT2D eigenvalue weighted by Crippen LogP contribution is 2.22. The van der Waals surface area contributed by atoms with Crippen molar-refractivity contribution in [1.82, 2.24) is 10.6 Å². The lowest BCUT2D eigenvalue weighted by Crippen LogP contribution is -2.45. The summed E-state index contributed by atoms with van der Waals surface area (Å²) in [6, 6.07) is 43.5. The van der Waals surface area contributed by atoms with E-state index in [0.29, 0.717) is 0 Å². The molecule has 0 heterocycles. The number of aliphatic hydroxyl groups excluding tert-OH is 1. The van der Waals surface area contributed by atoms with Crippen LogP contribution in [0.2, 0.25) is 0 Å². The Balaban J connectivity index is 0.000000307. The molecule has 0 amide bonds. The Kier molecular flexibility index (Phi) is 30.0. The summed E-state index contributed by atoms with van der Waals surface area (Å²) in [7, 11) is 3.19. The summed E-state index contributed by atoms with van der Waals surface area (Å²) in [6.45, 7) is 8.72. The molecule has 0 unspecified atom stereocenters. The Hall–Kier alpha value is -9.61. The first kappa shape index (κ1) is 68.7. The minimum absolute atomic E-state index is 0.0160. The van der Waals surface area contributed by atoms with Crippen molar-refractivity contribution in [3.8, 4) is 17.2 Å². The van der Waals surface area contributed by atoms with Crippen molar-refractivity contribution < 1.29 is 91.3 Å². The zero-order valence-corrected chi connectivity index (χ0v) is 47.6. The third-order valence-electron chi connectivity index (χ3n) is 11.2. The highest BCUT2D eigenvalue weighted by atomic mass is 16.6. The van der Waals surface area contributed by atoms with Gasteiger partial charge in [0.05, 0.1) is 6.10 Å². The number of nitrogens with one attached hydrogen (secondary N) is 2. The van der Waals surface area contributed by atoms with Crippen LogP contribution in [0.25, 0.3) is 0 Å². The molecule has 0 radical (unpaired) electrons. The summed E-state index contributed by atoms with van der Waals surface area (Å²) in [5.41, 5.74) is 8.57. The molecule has 0 aromatic heterocycles. The molecule has 22 nitrogen and oxygen atoms in total. The van der Waals surface area contributed by atoms with Crippen LogP contribution < -0.4 is 30.6 Å². The average molecular weight is 1160 g/mol. The Morgan fingerprint density at radius 1 is 0.429 bits per heavy atom. The van der Waals surface area contributed by atoms with Gasteiger partial charge >= 0.3 is 53.7 Å². The van der Waals surface area contributed by atoms with Crippen molar-refractivity contribution in [2.24, 2.45) is 5.73 Å². The van der Waals surface area contributed by atoms with E-state index in [1.807, 2.05) is 91.0 Å². The third-order valence-corrected chi connectivity index (χ3v) is 11.2. The van der Waals surface area contributed by atoms with E-state index < -0.39 is 90.2 Å². The number of aromatic carboxylic acids is 1. The second-order valence-electron chi connectivity index (χ2n) is 17.9. The molecule has 6 aromatic carbocycles. The van der Waals surface area contributed by atoms with Gasteiger partial charge in [-0.05, 0) is 88.0 Å². The van der Waals surface area contributed by atoms with Crippen LogP contribution >= 0.6 is 0 Å². The fourth-order valence-electron chi connectivity index (χ4n) is 7.01. The summed E-state index contributed by atoms with van der Waals surface area (Å²) in [4.78, 5) is 104. The molecule has 0 aliphatic carbocycles. The number of aliphatic hydroxyl groups is 1. The summed E-state index contributed by atoms with van der Waals surface area (Å²) < 4.78 is 40.9. The summed E-state index contributed by atoms with van der Waals surface area (Å²) in [5.74, 6) is -5.66. The van der Waals surface area contributed by atoms with E-state index >= 15 is 0 Å². The highest BCUT2D eigenvalue weighted by molar-refractivity contribution is 5.95. The van der Waals surface area contributed by atoms with Gasteiger partial charge in [0.2, 0.25) is 0 Å². The van der Waals surface area contributed by atoms with Gasteiger partial charge in [0.25, 0.3) is 0 Å². The number of carboxylic acid groups (broad SMARTS) is 1. The first-order valence-electron chi connectivity index (χ1n) is 25.9. The van der Waals surface area contributed by atoms with Gasteiger partial charge in [-0.2, -0.15) is 0 Å². The first-order valence-corrected chi connectivity index (χ1v) is 25.9. The number of hydrogen-bond donors (Lipinski definition) is 5. The van der Waals surface area contributed by atoms with E-state index in [-0.39, 0.29) is 53.8 Å². The van der Waals surface area contributed by atoms with Gasteiger partial charge in [0.1, 0.15) is 84.1 Å². The van der Waals surface area contributed by atoms with Crippen LogP contribution in [-0.2, 0) is 72.3 Å². The zero-order chi connectivity index (χ0) is 62.1. The Morgan fingerprint density at radius 3 is 1.06 bits per heavy atom. The minimum atomic E-state index is -1.15. The average Bonchev–Trinajstić information content (AvgIpc) is 3.67. The number of carbonyl (C=O) groups excluding carboxylic acids is 8. The molecule has 0 saturated heterocycles. The van der Waals surface area contributed by atoms with Gasteiger partial charge in [-0.1, -0.05) is 127 Å². The SMILES string of the molecule is CC(=O)Oc1ccccc1C(=O)O.CC(=O)Oc1ccccc1C(=O)O[C@H](C)[C@H](N)C(=O)OCc1ccccc1.CN[C@H](C(=O)OCc1ccccc1)[C@@H](C)O.CN[C@H](C(=O)OCc1ccccc1)[C@@H](C)OC(=O)c1ccccc1OC(C)=O. The topological polar surface area (TPSA) is 318 Å². The summed E-state index contributed by atoms with van der Waals surface area (Å²) in [6.07, 6.45) is -2.52. The van der Waals surface area contributed by atoms with Crippen molar-refractivity contribution in [3.05, 3.63) is 197 Å². The molecular weight excluding hydrogens is 1090 g/mol. The maximum Gasteiger partial charge on any atom is 0.342 e. The quantitative estimate of drug-likeness (QED) is 0.0267. The van der Waals surface area contributed by atoms with Crippen LogP contribution in [0.1, 0.15) is 89.3 Å². The molecule has 6 rings (SSSR count). The number of ether oxygens (including phenoxy) is 8. The standard InChI is InChI=1S/C21H23NO6.C20H21NO6.C12H17NO3.C9H8O4/c1-14(19(22-3)21(25)26-13-16-9-5-4-6-10-16)27-20(24)17-11-7-8-12-18(17)28-15(2)23;1-13(18(21)20(24)25-12-15-8-4-3-5-9-15)26-19(23)16-10-6-7-11-17(16)27-14(2)22;1-9(14)11(13-2)12(15)16-8-10-6-4-3-5-7-10;1-6(10)13-8-5-3-2-4-7(8)9(11)12/h4-12,14,19,22H,13H2,1-3H3;3-11,13,18H,12,21H2,1-2H3;3-7,9,11,13-14H,8H2,1-2H3;2-5H,1H3,(H,11,12)/t14-,19+;13-,18+;9-,11+;/m111./s1. The second-order valence-corrected chi connectivity index (χ2v) is 17.9.